The first kappa shape index (κ1) is 15.4. The summed E-state index contributed by atoms with van der Waals surface area (Å²) in [6.07, 6.45) is 6.50. The van der Waals surface area contributed by atoms with Gasteiger partial charge in [-0.05, 0) is 18.9 Å². The van der Waals surface area contributed by atoms with Crippen LogP contribution in [0.2, 0.25) is 5.02 Å². The first-order chi connectivity index (χ1) is 10.1. The normalized spacial score (nSPS) is 16.0. The Labute approximate surface area is 127 Å². The highest BCUT2D eigenvalue weighted by Crippen LogP contribution is 2.25. The highest BCUT2D eigenvalue weighted by Gasteiger charge is 2.20. The van der Waals surface area contributed by atoms with Gasteiger partial charge in [-0.2, -0.15) is 5.10 Å². The minimum Gasteiger partial charge on any atom is -0.273 e. The lowest BCUT2D eigenvalue weighted by Gasteiger charge is -2.19. The maximum Gasteiger partial charge on any atom is 0.288 e. The average Bonchev–Trinajstić information content (AvgIpc) is 2.49. The fraction of sp³-hybridized carbons (Fsp3) is 0.429. The summed E-state index contributed by atoms with van der Waals surface area (Å²) in [7, 11) is 0. The van der Waals surface area contributed by atoms with Crippen LogP contribution in [-0.2, 0) is 4.79 Å². The van der Waals surface area contributed by atoms with Gasteiger partial charge in [0.2, 0.25) is 5.91 Å². The number of nitrogens with zero attached hydrogens (tertiary/aromatic N) is 2. The molecule has 0 aliphatic heterocycles. The van der Waals surface area contributed by atoms with Crippen LogP contribution in [0.15, 0.2) is 23.3 Å². The number of hydrazone groups is 1. The van der Waals surface area contributed by atoms with E-state index in [-0.39, 0.29) is 22.5 Å². The molecule has 0 saturated heterocycles. The topological polar surface area (TPSA) is 84.6 Å². The van der Waals surface area contributed by atoms with Gasteiger partial charge in [-0.25, -0.2) is 5.43 Å². The highest BCUT2D eigenvalue weighted by molar-refractivity contribution is 6.32. The highest BCUT2D eigenvalue weighted by atomic mass is 35.5. The van der Waals surface area contributed by atoms with Crippen molar-refractivity contribution in [2.75, 3.05) is 0 Å². The van der Waals surface area contributed by atoms with Gasteiger partial charge in [0.25, 0.3) is 5.69 Å². The van der Waals surface area contributed by atoms with E-state index in [1.54, 1.807) is 6.07 Å². The van der Waals surface area contributed by atoms with Crippen LogP contribution in [0.5, 0.6) is 0 Å². The average molecular weight is 310 g/mol. The summed E-state index contributed by atoms with van der Waals surface area (Å²) in [5.74, 6) is -0.0649. The van der Waals surface area contributed by atoms with Crippen molar-refractivity contribution in [3.63, 3.8) is 0 Å². The number of carbonyl (C=O) groups is 1. The van der Waals surface area contributed by atoms with Gasteiger partial charge in [0.1, 0.15) is 5.02 Å². The van der Waals surface area contributed by atoms with E-state index in [0.717, 1.165) is 25.7 Å². The number of amides is 1. The van der Waals surface area contributed by atoms with Crippen molar-refractivity contribution >= 4 is 29.4 Å². The monoisotopic (exact) mass is 309 g/mol. The van der Waals surface area contributed by atoms with Crippen molar-refractivity contribution < 1.29 is 9.72 Å². The maximum absolute atomic E-state index is 11.9. The molecule has 7 heteroatoms. The molecule has 0 spiro atoms. The Hall–Kier alpha value is -1.95. The number of hydrogen-bond acceptors (Lipinski definition) is 4. The Kier molecular flexibility index (Phi) is 5.27. The van der Waals surface area contributed by atoms with E-state index in [1.807, 2.05) is 0 Å². The molecule has 0 bridgehead atoms. The molecule has 21 heavy (non-hydrogen) atoms. The Morgan fingerprint density at radius 2 is 2.10 bits per heavy atom. The lowest BCUT2D eigenvalue weighted by atomic mass is 9.89. The van der Waals surface area contributed by atoms with Gasteiger partial charge >= 0.3 is 0 Å². The van der Waals surface area contributed by atoms with Gasteiger partial charge in [0, 0.05) is 17.5 Å². The molecule has 1 aromatic rings. The number of nitro groups is 1. The van der Waals surface area contributed by atoms with Crippen LogP contribution < -0.4 is 5.43 Å². The third-order valence-corrected chi connectivity index (χ3v) is 3.85. The molecule has 1 aliphatic carbocycles. The summed E-state index contributed by atoms with van der Waals surface area (Å²) in [6, 6.07) is 4.36. The van der Waals surface area contributed by atoms with E-state index in [9.17, 15) is 14.9 Å². The zero-order chi connectivity index (χ0) is 15.2. The molecule has 6 nitrogen and oxygen atoms in total. The molecule has 112 valence electrons. The van der Waals surface area contributed by atoms with Gasteiger partial charge in [-0.15, -0.1) is 0 Å². The Bertz CT molecular complexity index is 569. The van der Waals surface area contributed by atoms with Crippen molar-refractivity contribution in [1.82, 2.24) is 5.43 Å². The fourth-order valence-electron chi connectivity index (χ4n) is 2.38. The minimum absolute atomic E-state index is 0.0236. The van der Waals surface area contributed by atoms with E-state index in [2.05, 4.69) is 10.5 Å². The lowest BCUT2D eigenvalue weighted by molar-refractivity contribution is -0.384. The summed E-state index contributed by atoms with van der Waals surface area (Å²) in [6.45, 7) is 0. The number of nitro benzene ring substituents is 1. The fourth-order valence-corrected chi connectivity index (χ4v) is 2.56. The molecule has 2 rings (SSSR count). The van der Waals surface area contributed by atoms with Gasteiger partial charge in [-0.1, -0.05) is 36.9 Å². The van der Waals surface area contributed by atoms with Crippen LogP contribution in [0, 0.1) is 16.0 Å². The van der Waals surface area contributed by atoms with Crippen LogP contribution in [-0.4, -0.2) is 17.0 Å². The predicted octanol–water partition coefficient (Wildman–Crippen LogP) is 3.28. The second-order valence-corrected chi connectivity index (χ2v) is 5.44. The largest absolute Gasteiger partial charge is 0.288 e. The maximum atomic E-state index is 11.9. The predicted molar refractivity (Wildman–Crippen MR) is 80.4 cm³/mol. The molecule has 0 atom stereocenters. The van der Waals surface area contributed by atoms with Crippen molar-refractivity contribution in [2.45, 2.75) is 32.1 Å². The van der Waals surface area contributed by atoms with E-state index in [0.29, 0.717) is 5.56 Å². The molecule has 1 N–H and O–H groups in total. The molecule has 1 fully saturated rings. The van der Waals surface area contributed by atoms with Crippen molar-refractivity contribution in [2.24, 2.45) is 11.0 Å². The Balaban J connectivity index is 1.96. The smallest absolute Gasteiger partial charge is 0.273 e. The molecule has 1 amide bonds. The molecule has 0 radical (unpaired) electrons. The summed E-state index contributed by atoms with van der Waals surface area (Å²) in [4.78, 5) is 22.1. The summed E-state index contributed by atoms with van der Waals surface area (Å²) >= 11 is 5.72. The van der Waals surface area contributed by atoms with Crippen LogP contribution in [0.25, 0.3) is 0 Å². The third kappa shape index (κ3) is 4.26. The number of rotatable bonds is 4. The molecule has 1 saturated carbocycles. The van der Waals surface area contributed by atoms with Gasteiger partial charge in [-0.3, -0.25) is 14.9 Å². The number of benzene rings is 1. The van der Waals surface area contributed by atoms with Crippen molar-refractivity contribution in [3.05, 3.63) is 38.9 Å². The molecular weight excluding hydrogens is 294 g/mol. The van der Waals surface area contributed by atoms with E-state index in [1.165, 1.54) is 24.8 Å². The van der Waals surface area contributed by atoms with Crippen LogP contribution >= 0.6 is 11.6 Å². The standard InChI is InChI=1S/C14H16ClN3O3/c15-12-7-6-10(8-13(12)18(20)21)9-16-17-14(19)11-4-2-1-3-5-11/h6-9,11H,1-5H2,(H,17,19). The molecule has 1 aromatic carbocycles. The van der Waals surface area contributed by atoms with Crippen molar-refractivity contribution in [3.8, 4) is 0 Å². The molecule has 0 unspecified atom stereocenters. The van der Waals surface area contributed by atoms with Gasteiger partial charge < -0.3 is 0 Å². The minimum atomic E-state index is -0.555. The number of nitrogens with one attached hydrogen (secondary N) is 1. The van der Waals surface area contributed by atoms with Crippen LogP contribution in [0.4, 0.5) is 5.69 Å². The number of halogens is 1. The lowest BCUT2D eigenvalue weighted by Crippen LogP contribution is -2.28. The summed E-state index contributed by atoms with van der Waals surface area (Å²) < 4.78 is 0. The molecule has 1 aliphatic rings. The quantitative estimate of drug-likeness (QED) is 0.526. The van der Waals surface area contributed by atoms with Gasteiger partial charge in [0.15, 0.2) is 0 Å². The second kappa shape index (κ2) is 7.17. The summed E-state index contributed by atoms with van der Waals surface area (Å²) in [5.41, 5.74) is 2.82. The summed E-state index contributed by atoms with van der Waals surface area (Å²) in [5, 5.41) is 14.7. The SMILES string of the molecule is O=C(NN=Cc1ccc(Cl)c([N+](=O)[O-])c1)C1CCCCC1. The zero-order valence-electron chi connectivity index (χ0n) is 11.4. The van der Waals surface area contributed by atoms with E-state index in [4.69, 9.17) is 11.6 Å². The second-order valence-electron chi connectivity index (χ2n) is 5.04. The number of hydrogen-bond donors (Lipinski definition) is 1. The Morgan fingerprint density at radius 1 is 1.38 bits per heavy atom. The van der Waals surface area contributed by atoms with Crippen molar-refractivity contribution in [1.29, 1.82) is 0 Å². The molecular formula is C14H16ClN3O3. The third-order valence-electron chi connectivity index (χ3n) is 3.53. The van der Waals surface area contributed by atoms with E-state index >= 15 is 0 Å². The van der Waals surface area contributed by atoms with Crippen LogP contribution in [0.3, 0.4) is 0 Å². The first-order valence-electron chi connectivity index (χ1n) is 6.85. The van der Waals surface area contributed by atoms with Gasteiger partial charge in [0.05, 0.1) is 11.1 Å². The van der Waals surface area contributed by atoms with E-state index < -0.39 is 4.92 Å². The zero-order valence-corrected chi connectivity index (χ0v) is 12.2. The van der Waals surface area contributed by atoms with Crippen LogP contribution in [0.1, 0.15) is 37.7 Å². The number of carbonyl (C=O) groups excluding carboxylic acids is 1. The molecule has 0 aromatic heterocycles. The molecule has 0 heterocycles. The first-order valence-corrected chi connectivity index (χ1v) is 7.22. The Morgan fingerprint density at radius 3 is 2.76 bits per heavy atom.